The zero-order valence-corrected chi connectivity index (χ0v) is 9.97. The van der Waals surface area contributed by atoms with Crippen LogP contribution in [-0.4, -0.2) is 0 Å². The summed E-state index contributed by atoms with van der Waals surface area (Å²) in [5, 5.41) is 0. The van der Waals surface area contributed by atoms with Crippen molar-refractivity contribution in [2.75, 3.05) is 0 Å². The van der Waals surface area contributed by atoms with Gasteiger partial charge in [-0.2, -0.15) is 0 Å². The van der Waals surface area contributed by atoms with E-state index in [1.807, 2.05) is 19.9 Å². The smallest absolute Gasteiger partial charge is 0.128 e. The molecule has 0 aliphatic heterocycles. The first kappa shape index (κ1) is 12.2. The molecule has 0 fully saturated rings. The predicted molar refractivity (Wildman–Crippen MR) is 62.3 cm³/mol. The molecule has 1 nitrogen and oxygen atoms in total. The van der Waals surface area contributed by atoms with Crippen LogP contribution >= 0.6 is 0 Å². The summed E-state index contributed by atoms with van der Waals surface area (Å²) >= 11 is 0. The molecule has 1 unspecified atom stereocenters. The van der Waals surface area contributed by atoms with Gasteiger partial charge in [-0.05, 0) is 43.4 Å². The van der Waals surface area contributed by atoms with E-state index in [2.05, 4.69) is 13.8 Å². The molecule has 0 aliphatic rings. The van der Waals surface area contributed by atoms with Crippen LogP contribution in [0.1, 0.15) is 43.0 Å². The maximum Gasteiger partial charge on any atom is 0.128 e. The Morgan fingerprint density at radius 2 is 1.73 bits per heavy atom. The van der Waals surface area contributed by atoms with Gasteiger partial charge < -0.3 is 5.73 Å². The number of hydrogen-bond donors (Lipinski definition) is 1. The maximum atomic E-state index is 13.7. The van der Waals surface area contributed by atoms with Crippen molar-refractivity contribution in [1.29, 1.82) is 0 Å². The van der Waals surface area contributed by atoms with E-state index in [1.165, 1.54) is 0 Å². The molecule has 84 valence electrons. The zero-order valence-electron chi connectivity index (χ0n) is 9.97. The Morgan fingerprint density at radius 1 is 1.20 bits per heavy atom. The molecule has 1 aromatic rings. The van der Waals surface area contributed by atoms with Gasteiger partial charge in [0.15, 0.2) is 0 Å². The first-order valence-corrected chi connectivity index (χ1v) is 5.44. The fourth-order valence-electron chi connectivity index (χ4n) is 1.72. The highest BCUT2D eigenvalue weighted by Crippen LogP contribution is 2.24. The van der Waals surface area contributed by atoms with Crippen molar-refractivity contribution in [3.8, 4) is 0 Å². The molecule has 0 radical (unpaired) electrons. The van der Waals surface area contributed by atoms with Gasteiger partial charge in [0.25, 0.3) is 0 Å². The first-order chi connectivity index (χ1) is 6.91. The third-order valence-electron chi connectivity index (χ3n) is 2.74. The van der Waals surface area contributed by atoms with E-state index in [-0.39, 0.29) is 11.9 Å². The molecule has 0 aromatic heterocycles. The third-order valence-corrected chi connectivity index (χ3v) is 2.74. The summed E-state index contributed by atoms with van der Waals surface area (Å²) in [5.74, 6) is 0.312. The quantitative estimate of drug-likeness (QED) is 0.810. The van der Waals surface area contributed by atoms with Crippen LogP contribution in [-0.2, 0) is 0 Å². The predicted octanol–water partition coefficient (Wildman–Crippen LogP) is 3.49. The fourth-order valence-corrected chi connectivity index (χ4v) is 1.72. The molecule has 0 heterocycles. The highest BCUT2D eigenvalue weighted by atomic mass is 19.1. The Kier molecular flexibility index (Phi) is 3.86. The van der Waals surface area contributed by atoms with E-state index in [4.69, 9.17) is 5.73 Å². The molecule has 0 amide bonds. The lowest BCUT2D eigenvalue weighted by Crippen LogP contribution is -2.15. The van der Waals surface area contributed by atoms with Crippen LogP contribution < -0.4 is 5.73 Å². The number of rotatable bonds is 3. The summed E-state index contributed by atoms with van der Waals surface area (Å²) in [4.78, 5) is 0. The van der Waals surface area contributed by atoms with Gasteiger partial charge >= 0.3 is 0 Å². The van der Waals surface area contributed by atoms with Crippen LogP contribution in [0.5, 0.6) is 0 Å². The largest absolute Gasteiger partial charge is 0.324 e. The van der Waals surface area contributed by atoms with E-state index in [0.29, 0.717) is 11.5 Å². The number of hydrogen-bond acceptors (Lipinski definition) is 1. The molecular formula is C13H20FN. The van der Waals surface area contributed by atoms with Crippen molar-refractivity contribution in [3.05, 3.63) is 34.6 Å². The van der Waals surface area contributed by atoms with Crippen molar-refractivity contribution < 1.29 is 4.39 Å². The molecule has 15 heavy (non-hydrogen) atoms. The zero-order chi connectivity index (χ0) is 11.6. The average Bonchev–Trinajstić information content (AvgIpc) is 2.09. The molecule has 0 bridgehead atoms. The van der Waals surface area contributed by atoms with Gasteiger partial charge in [-0.15, -0.1) is 0 Å². The molecule has 1 atom stereocenters. The lowest BCUT2D eigenvalue weighted by molar-refractivity contribution is 0.488. The Balaban J connectivity index is 2.98. The molecule has 2 N–H and O–H groups in total. The van der Waals surface area contributed by atoms with Crippen LogP contribution in [0.2, 0.25) is 0 Å². The summed E-state index contributed by atoms with van der Waals surface area (Å²) in [6.45, 7) is 8.09. The summed E-state index contributed by atoms with van der Waals surface area (Å²) in [5.41, 5.74) is 8.70. The first-order valence-electron chi connectivity index (χ1n) is 5.44. The van der Waals surface area contributed by atoms with Crippen LogP contribution in [0.3, 0.4) is 0 Å². The Labute approximate surface area is 91.5 Å². The highest BCUT2D eigenvalue weighted by molar-refractivity contribution is 5.33. The van der Waals surface area contributed by atoms with E-state index in [0.717, 1.165) is 17.5 Å². The summed E-state index contributed by atoms with van der Waals surface area (Å²) < 4.78 is 13.7. The second kappa shape index (κ2) is 4.75. The van der Waals surface area contributed by atoms with Crippen molar-refractivity contribution in [1.82, 2.24) is 0 Å². The molecule has 0 saturated heterocycles. The van der Waals surface area contributed by atoms with Gasteiger partial charge in [-0.25, -0.2) is 4.39 Å². The van der Waals surface area contributed by atoms with Crippen molar-refractivity contribution in [3.63, 3.8) is 0 Å². The van der Waals surface area contributed by atoms with Crippen LogP contribution in [0.15, 0.2) is 12.1 Å². The normalized spacial score (nSPS) is 13.3. The molecule has 2 heteroatoms. The fraction of sp³-hybridized carbons (Fsp3) is 0.538. The molecule has 1 aromatic carbocycles. The van der Waals surface area contributed by atoms with Gasteiger partial charge in [-0.3, -0.25) is 0 Å². The van der Waals surface area contributed by atoms with Crippen LogP contribution in [0, 0.1) is 25.6 Å². The lowest BCUT2D eigenvalue weighted by Gasteiger charge is -2.16. The molecular weight excluding hydrogens is 189 g/mol. The van der Waals surface area contributed by atoms with Gasteiger partial charge in [0.1, 0.15) is 5.82 Å². The summed E-state index contributed by atoms with van der Waals surface area (Å²) in [6, 6.07) is 3.26. The lowest BCUT2D eigenvalue weighted by atomic mass is 9.95. The minimum absolute atomic E-state index is 0.175. The van der Waals surface area contributed by atoms with Crippen LogP contribution in [0.4, 0.5) is 4.39 Å². The van der Waals surface area contributed by atoms with Crippen LogP contribution in [0.25, 0.3) is 0 Å². The number of nitrogens with two attached hydrogens (primary N) is 1. The van der Waals surface area contributed by atoms with E-state index < -0.39 is 0 Å². The monoisotopic (exact) mass is 209 g/mol. The number of benzene rings is 1. The Morgan fingerprint density at radius 3 is 2.27 bits per heavy atom. The van der Waals surface area contributed by atoms with Crippen molar-refractivity contribution >= 4 is 0 Å². The standard InChI is InChI=1S/C13H20FN/c1-8(2)5-13(15)11-6-9(3)10(4)7-12(11)14/h6-8,13H,5,15H2,1-4H3. The van der Waals surface area contributed by atoms with Gasteiger partial charge in [0.05, 0.1) is 0 Å². The van der Waals surface area contributed by atoms with Gasteiger partial charge in [0.2, 0.25) is 0 Å². The van der Waals surface area contributed by atoms with E-state index >= 15 is 0 Å². The average molecular weight is 209 g/mol. The second-order valence-corrected chi connectivity index (χ2v) is 4.69. The Hall–Kier alpha value is -0.890. The van der Waals surface area contributed by atoms with Crippen molar-refractivity contribution in [2.45, 2.75) is 40.2 Å². The van der Waals surface area contributed by atoms with Gasteiger partial charge in [0, 0.05) is 11.6 Å². The number of aryl methyl sites for hydroxylation is 2. The third kappa shape index (κ3) is 3.03. The second-order valence-electron chi connectivity index (χ2n) is 4.69. The molecule has 0 spiro atoms. The molecule has 0 aliphatic carbocycles. The molecule has 0 saturated carbocycles. The molecule has 1 rings (SSSR count). The summed E-state index contributed by atoms with van der Waals surface area (Å²) in [6.07, 6.45) is 0.819. The number of halogens is 1. The minimum Gasteiger partial charge on any atom is -0.324 e. The van der Waals surface area contributed by atoms with E-state index in [9.17, 15) is 4.39 Å². The highest BCUT2D eigenvalue weighted by Gasteiger charge is 2.14. The van der Waals surface area contributed by atoms with Crippen molar-refractivity contribution in [2.24, 2.45) is 11.7 Å². The SMILES string of the molecule is Cc1cc(F)c(C(N)CC(C)C)cc1C. The van der Waals surface area contributed by atoms with E-state index in [1.54, 1.807) is 6.07 Å². The minimum atomic E-state index is -0.190. The Bertz CT molecular complexity index is 345. The summed E-state index contributed by atoms with van der Waals surface area (Å²) in [7, 11) is 0. The van der Waals surface area contributed by atoms with Gasteiger partial charge in [-0.1, -0.05) is 19.9 Å². The maximum absolute atomic E-state index is 13.7. The topological polar surface area (TPSA) is 26.0 Å².